The molecule has 0 saturated carbocycles. The van der Waals surface area contributed by atoms with Gasteiger partial charge in [-0.1, -0.05) is 36.7 Å². The minimum Gasteiger partial charge on any atom is -0.484 e. The van der Waals surface area contributed by atoms with E-state index in [-0.39, 0.29) is 18.6 Å². The summed E-state index contributed by atoms with van der Waals surface area (Å²) in [4.78, 5) is 4.23. The molecule has 1 heterocycles. The van der Waals surface area contributed by atoms with Gasteiger partial charge >= 0.3 is 0 Å². The first kappa shape index (κ1) is 14.8. The molecule has 2 aromatic rings. The largest absolute Gasteiger partial charge is 0.484 e. The van der Waals surface area contributed by atoms with Crippen LogP contribution in [0.3, 0.4) is 0 Å². The molecule has 1 aromatic heterocycles. The smallest absolute Gasteiger partial charge is 0.229 e. The van der Waals surface area contributed by atoms with Gasteiger partial charge in [-0.15, -0.1) is 0 Å². The highest BCUT2D eigenvalue weighted by Crippen LogP contribution is 2.28. The summed E-state index contributed by atoms with van der Waals surface area (Å²) in [6, 6.07) is 5.43. The molecule has 2 N–H and O–H groups in total. The zero-order valence-corrected chi connectivity index (χ0v) is 12.5. The lowest BCUT2D eigenvalue weighted by Gasteiger charge is -2.10. The number of rotatable bonds is 5. The number of nitrogens with two attached hydrogens (primary N) is 1. The fraction of sp³-hybridized carbons (Fsp3) is 0.429. The van der Waals surface area contributed by atoms with E-state index >= 15 is 0 Å². The van der Waals surface area contributed by atoms with Gasteiger partial charge in [-0.3, -0.25) is 0 Å². The highest BCUT2D eigenvalue weighted by Gasteiger charge is 2.11. The first-order chi connectivity index (χ1) is 9.47. The number of benzene rings is 1. The Balaban J connectivity index is 2.03. The molecule has 2 rings (SSSR count). The molecule has 0 bridgehead atoms. The Morgan fingerprint density at radius 1 is 1.35 bits per heavy atom. The van der Waals surface area contributed by atoms with E-state index < -0.39 is 0 Å². The van der Waals surface area contributed by atoms with Crippen molar-refractivity contribution in [1.82, 2.24) is 10.1 Å². The zero-order chi connectivity index (χ0) is 14.7. The van der Waals surface area contributed by atoms with E-state index in [9.17, 15) is 0 Å². The first-order valence-electron chi connectivity index (χ1n) is 6.47. The van der Waals surface area contributed by atoms with Crippen LogP contribution in [0.25, 0.3) is 0 Å². The summed E-state index contributed by atoms with van der Waals surface area (Å²) in [5, 5.41) is 4.37. The molecule has 0 aliphatic rings. The summed E-state index contributed by atoms with van der Waals surface area (Å²) in [5.41, 5.74) is 6.76. The van der Waals surface area contributed by atoms with Crippen LogP contribution in [0.2, 0.25) is 5.02 Å². The topological polar surface area (TPSA) is 74.2 Å². The highest BCUT2D eigenvalue weighted by atomic mass is 35.5. The van der Waals surface area contributed by atoms with Gasteiger partial charge in [0.05, 0.1) is 5.02 Å². The fourth-order valence-electron chi connectivity index (χ4n) is 1.62. The number of aromatic nitrogens is 2. The normalized spacial score (nSPS) is 12.7. The van der Waals surface area contributed by atoms with Crippen molar-refractivity contribution in [2.24, 2.45) is 5.73 Å². The molecule has 20 heavy (non-hydrogen) atoms. The molecule has 0 fully saturated rings. The Hall–Kier alpha value is -1.59. The van der Waals surface area contributed by atoms with Crippen LogP contribution in [0.5, 0.6) is 5.75 Å². The number of hydrogen-bond acceptors (Lipinski definition) is 5. The van der Waals surface area contributed by atoms with Gasteiger partial charge in [0, 0.05) is 12.0 Å². The summed E-state index contributed by atoms with van der Waals surface area (Å²) in [6.07, 6.45) is 0. The summed E-state index contributed by atoms with van der Waals surface area (Å²) < 4.78 is 10.7. The van der Waals surface area contributed by atoms with E-state index in [0.717, 1.165) is 5.56 Å². The minimum atomic E-state index is -0.0626. The van der Waals surface area contributed by atoms with Gasteiger partial charge in [-0.05, 0) is 24.6 Å². The lowest BCUT2D eigenvalue weighted by molar-refractivity contribution is 0.284. The van der Waals surface area contributed by atoms with Gasteiger partial charge in [-0.25, -0.2) is 0 Å². The van der Waals surface area contributed by atoms with Gasteiger partial charge in [0.1, 0.15) is 5.75 Å². The molecule has 1 unspecified atom stereocenters. The molecule has 6 heteroatoms. The molecule has 0 aliphatic heterocycles. The zero-order valence-electron chi connectivity index (χ0n) is 11.8. The number of ether oxygens (including phenoxy) is 1. The molecule has 0 saturated heterocycles. The predicted molar refractivity (Wildman–Crippen MR) is 76.8 cm³/mol. The maximum Gasteiger partial charge on any atom is 0.229 e. The molecular weight excluding hydrogens is 278 g/mol. The monoisotopic (exact) mass is 295 g/mol. The van der Waals surface area contributed by atoms with E-state index in [1.165, 1.54) is 0 Å². The molecule has 108 valence electrons. The van der Waals surface area contributed by atoms with E-state index in [4.69, 9.17) is 26.6 Å². The molecule has 0 radical (unpaired) electrons. The maximum atomic E-state index is 6.15. The van der Waals surface area contributed by atoms with Crippen molar-refractivity contribution < 1.29 is 9.26 Å². The summed E-state index contributed by atoms with van der Waals surface area (Å²) in [7, 11) is 0. The van der Waals surface area contributed by atoms with E-state index in [1.807, 2.05) is 26.8 Å². The lowest BCUT2D eigenvalue weighted by atomic mass is 10.1. The lowest BCUT2D eigenvalue weighted by Crippen LogP contribution is -2.05. The first-order valence-corrected chi connectivity index (χ1v) is 6.85. The minimum absolute atomic E-state index is 0.0626. The fourth-order valence-corrected chi connectivity index (χ4v) is 1.86. The van der Waals surface area contributed by atoms with Gasteiger partial charge in [0.25, 0.3) is 0 Å². The molecule has 1 atom stereocenters. The van der Waals surface area contributed by atoms with Crippen LogP contribution in [-0.4, -0.2) is 10.1 Å². The average Bonchev–Trinajstić information content (AvgIpc) is 2.86. The molecule has 1 aromatic carbocycles. The van der Waals surface area contributed by atoms with E-state index in [1.54, 1.807) is 12.1 Å². The maximum absolute atomic E-state index is 6.15. The Kier molecular flexibility index (Phi) is 4.62. The Morgan fingerprint density at radius 3 is 2.65 bits per heavy atom. The van der Waals surface area contributed by atoms with Crippen LogP contribution in [0.4, 0.5) is 0 Å². The predicted octanol–water partition coefficient (Wildman–Crippen LogP) is 3.45. The Labute approximate surface area is 123 Å². The van der Waals surface area contributed by atoms with Crippen molar-refractivity contribution in [3.8, 4) is 5.75 Å². The van der Waals surface area contributed by atoms with Crippen molar-refractivity contribution in [3.63, 3.8) is 0 Å². The van der Waals surface area contributed by atoms with Gasteiger partial charge in [0.15, 0.2) is 6.61 Å². The van der Waals surface area contributed by atoms with Crippen molar-refractivity contribution in [3.05, 3.63) is 40.5 Å². The standard InChI is InChI=1S/C14H18ClN3O2/c1-8(2)14-17-13(18-20-14)7-19-12-5-4-10(9(3)16)6-11(12)15/h4-6,8-9H,7,16H2,1-3H3. The van der Waals surface area contributed by atoms with Crippen LogP contribution in [0, 0.1) is 0 Å². The molecule has 5 nitrogen and oxygen atoms in total. The second kappa shape index (κ2) is 6.24. The number of nitrogens with zero attached hydrogens (tertiary/aromatic N) is 2. The Bertz CT molecular complexity index is 582. The summed E-state index contributed by atoms with van der Waals surface area (Å²) >= 11 is 6.15. The van der Waals surface area contributed by atoms with E-state index in [2.05, 4.69) is 10.1 Å². The van der Waals surface area contributed by atoms with Crippen molar-refractivity contribution in [2.75, 3.05) is 0 Å². The highest BCUT2D eigenvalue weighted by molar-refractivity contribution is 6.32. The molecule has 0 aliphatic carbocycles. The van der Waals surface area contributed by atoms with Crippen LogP contribution in [-0.2, 0) is 6.61 Å². The third-order valence-electron chi connectivity index (χ3n) is 2.82. The van der Waals surface area contributed by atoms with Crippen LogP contribution in [0.15, 0.2) is 22.7 Å². The van der Waals surface area contributed by atoms with E-state index in [0.29, 0.717) is 22.5 Å². The molecule has 0 spiro atoms. The average molecular weight is 296 g/mol. The second-order valence-corrected chi connectivity index (χ2v) is 5.38. The van der Waals surface area contributed by atoms with Gasteiger partial charge in [-0.2, -0.15) is 4.98 Å². The molecule has 0 amide bonds. The molecular formula is C14H18ClN3O2. The van der Waals surface area contributed by atoms with Crippen LogP contribution < -0.4 is 10.5 Å². The quantitative estimate of drug-likeness (QED) is 0.914. The number of hydrogen-bond donors (Lipinski definition) is 1. The summed E-state index contributed by atoms with van der Waals surface area (Å²) in [6.45, 7) is 6.09. The number of halogens is 1. The summed E-state index contributed by atoms with van der Waals surface area (Å²) in [5.74, 6) is 1.88. The Morgan fingerprint density at radius 2 is 2.10 bits per heavy atom. The second-order valence-electron chi connectivity index (χ2n) is 4.97. The third kappa shape index (κ3) is 3.49. The van der Waals surface area contributed by atoms with Crippen molar-refractivity contribution in [1.29, 1.82) is 0 Å². The SMILES string of the molecule is CC(C)c1nc(COc2ccc(C(C)N)cc2Cl)no1. The van der Waals surface area contributed by atoms with Crippen LogP contribution in [0.1, 0.15) is 50.0 Å². The van der Waals surface area contributed by atoms with Gasteiger partial charge in [0.2, 0.25) is 11.7 Å². The van der Waals surface area contributed by atoms with Crippen molar-refractivity contribution >= 4 is 11.6 Å². The van der Waals surface area contributed by atoms with Crippen molar-refractivity contribution in [2.45, 2.75) is 39.3 Å². The van der Waals surface area contributed by atoms with Crippen LogP contribution >= 0.6 is 11.6 Å². The van der Waals surface area contributed by atoms with Gasteiger partial charge < -0.3 is 15.0 Å². The third-order valence-corrected chi connectivity index (χ3v) is 3.11.